The summed E-state index contributed by atoms with van der Waals surface area (Å²) in [5, 5.41) is 3.79. The Morgan fingerprint density at radius 2 is 1.72 bits per heavy atom. The first-order chi connectivity index (χ1) is 17.3. The van der Waals surface area contributed by atoms with Gasteiger partial charge < -0.3 is 19.2 Å². The number of furan rings is 1. The van der Waals surface area contributed by atoms with Crippen molar-refractivity contribution in [3.8, 4) is 16.9 Å². The smallest absolute Gasteiger partial charge is 0.338 e. The van der Waals surface area contributed by atoms with E-state index in [4.69, 9.17) is 13.9 Å². The molecule has 1 aromatic heterocycles. The zero-order chi connectivity index (χ0) is 25.8. The lowest BCUT2D eigenvalue weighted by Crippen LogP contribution is -2.09. The molecule has 1 heterocycles. The summed E-state index contributed by atoms with van der Waals surface area (Å²) in [4.78, 5) is 24.6. The lowest BCUT2D eigenvalue weighted by molar-refractivity contribution is -0.111. The lowest BCUT2D eigenvalue weighted by atomic mass is 9.96. The maximum absolute atomic E-state index is 12.8. The largest absolute Gasteiger partial charge is 0.496 e. The first kappa shape index (κ1) is 24.8. The molecule has 0 aliphatic heterocycles. The summed E-state index contributed by atoms with van der Waals surface area (Å²) in [6.45, 7) is 7.94. The van der Waals surface area contributed by atoms with E-state index in [-0.39, 0.29) is 5.91 Å². The van der Waals surface area contributed by atoms with Crippen LogP contribution in [0.4, 0.5) is 5.69 Å². The fourth-order valence-electron chi connectivity index (χ4n) is 4.19. The van der Waals surface area contributed by atoms with Crippen LogP contribution in [-0.2, 0) is 9.53 Å². The van der Waals surface area contributed by atoms with E-state index < -0.39 is 5.97 Å². The van der Waals surface area contributed by atoms with Gasteiger partial charge >= 0.3 is 5.97 Å². The first-order valence-electron chi connectivity index (χ1n) is 11.7. The molecule has 6 heteroatoms. The fraction of sp³-hybridized carbons (Fsp3) is 0.200. The molecular formula is C30H29NO5. The van der Waals surface area contributed by atoms with Crippen molar-refractivity contribution < 1.29 is 23.5 Å². The van der Waals surface area contributed by atoms with Gasteiger partial charge in [0, 0.05) is 33.8 Å². The van der Waals surface area contributed by atoms with Crippen LogP contribution < -0.4 is 10.1 Å². The van der Waals surface area contributed by atoms with Crippen LogP contribution in [0.25, 0.3) is 27.7 Å². The highest BCUT2D eigenvalue weighted by Gasteiger charge is 2.19. The fourth-order valence-corrected chi connectivity index (χ4v) is 4.19. The Hall–Kier alpha value is -4.32. The van der Waals surface area contributed by atoms with Crippen LogP contribution in [0.1, 0.15) is 40.9 Å². The third-order valence-electron chi connectivity index (χ3n) is 6.05. The molecule has 6 nitrogen and oxygen atoms in total. The monoisotopic (exact) mass is 483 g/mol. The second-order valence-corrected chi connectivity index (χ2v) is 8.59. The zero-order valence-corrected chi connectivity index (χ0v) is 21.1. The molecule has 4 aromatic rings. The minimum absolute atomic E-state index is 0.290. The SMILES string of the molecule is CCOC(=O)c1ccc(NC(=O)/C=C(\C)c2cc3c(-c4ccc(C)cc4)coc3c(C)c2OC)cc1. The Morgan fingerprint density at radius 3 is 2.36 bits per heavy atom. The molecule has 0 spiro atoms. The predicted octanol–water partition coefficient (Wildman–Crippen LogP) is 6.94. The topological polar surface area (TPSA) is 77.8 Å². The number of aryl methyl sites for hydroxylation is 2. The van der Waals surface area contributed by atoms with Crippen LogP contribution in [-0.4, -0.2) is 25.6 Å². The molecule has 1 amide bonds. The second kappa shape index (κ2) is 10.5. The average Bonchev–Trinajstić information content (AvgIpc) is 3.29. The Balaban J connectivity index is 1.65. The molecule has 0 saturated carbocycles. The molecule has 0 aliphatic carbocycles. The van der Waals surface area contributed by atoms with Crippen molar-refractivity contribution in [3.05, 3.63) is 89.2 Å². The molecule has 1 N–H and O–H groups in total. The van der Waals surface area contributed by atoms with Crippen molar-refractivity contribution in [2.45, 2.75) is 27.7 Å². The third-order valence-corrected chi connectivity index (χ3v) is 6.05. The van der Waals surface area contributed by atoms with Gasteiger partial charge in [0.1, 0.15) is 11.3 Å². The normalized spacial score (nSPS) is 11.4. The third kappa shape index (κ3) is 5.03. The van der Waals surface area contributed by atoms with Gasteiger partial charge in [-0.3, -0.25) is 4.79 Å². The lowest BCUT2D eigenvalue weighted by Gasteiger charge is -2.13. The van der Waals surface area contributed by atoms with Gasteiger partial charge in [-0.1, -0.05) is 29.8 Å². The number of anilines is 1. The summed E-state index contributed by atoms with van der Waals surface area (Å²) in [5.74, 6) is -0.0250. The van der Waals surface area contributed by atoms with E-state index in [0.29, 0.717) is 23.6 Å². The van der Waals surface area contributed by atoms with E-state index in [1.165, 1.54) is 11.6 Å². The highest BCUT2D eigenvalue weighted by Crippen LogP contribution is 2.40. The number of ether oxygens (including phenoxy) is 2. The number of allylic oxidation sites excluding steroid dienone is 1. The number of carbonyl (C=O) groups is 2. The van der Waals surface area contributed by atoms with Gasteiger partial charge in [-0.2, -0.15) is 0 Å². The van der Waals surface area contributed by atoms with Gasteiger partial charge in [0.25, 0.3) is 0 Å². The van der Waals surface area contributed by atoms with E-state index in [2.05, 4.69) is 36.5 Å². The van der Waals surface area contributed by atoms with Crippen LogP contribution in [0.5, 0.6) is 5.75 Å². The van der Waals surface area contributed by atoms with E-state index in [0.717, 1.165) is 38.8 Å². The van der Waals surface area contributed by atoms with Crippen LogP contribution in [0.2, 0.25) is 0 Å². The molecule has 3 aromatic carbocycles. The summed E-state index contributed by atoms with van der Waals surface area (Å²) < 4.78 is 16.6. The standard InChI is InChI=1S/C30H29NO5/c1-6-35-30(33)22-11-13-23(14-12-22)31-27(32)15-19(3)24-16-25-26(21-9-7-18(2)8-10-21)17-36-29(25)20(4)28(24)34-5/h7-17H,6H2,1-5H3,(H,31,32)/b19-15+. The zero-order valence-electron chi connectivity index (χ0n) is 21.1. The van der Waals surface area contributed by atoms with Gasteiger partial charge in [0.05, 0.1) is 25.5 Å². The molecule has 36 heavy (non-hydrogen) atoms. The molecule has 184 valence electrons. The van der Waals surface area contributed by atoms with E-state index in [1.807, 2.05) is 19.9 Å². The number of fused-ring (bicyclic) bond motifs is 1. The number of benzene rings is 3. The number of rotatable bonds is 7. The van der Waals surface area contributed by atoms with E-state index in [1.54, 1.807) is 44.6 Å². The predicted molar refractivity (Wildman–Crippen MR) is 142 cm³/mol. The number of carbonyl (C=O) groups excluding carboxylic acids is 2. The Labute approximate surface area is 210 Å². The summed E-state index contributed by atoms with van der Waals surface area (Å²) in [7, 11) is 1.61. The molecule has 0 unspecified atom stereocenters. The molecule has 0 fully saturated rings. The molecule has 4 rings (SSSR count). The summed E-state index contributed by atoms with van der Waals surface area (Å²) in [5.41, 5.74) is 7.41. The number of hydrogen-bond acceptors (Lipinski definition) is 5. The van der Waals surface area contributed by atoms with Gasteiger partial charge in [0.15, 0.2) is 0 Å². The highest BCUT2D eigenvalue weighted by atomic mass is 16.5. The van der Waals surface area contributed by atoms with Crippen molar-refractivity contribution in [3.63, 3.8) is 0 Å². The summed E-state index contributed by atoms with van der Waals surface area (Å²) >= 11 is 0. The molecule has 0 radical (unpaired) electrons. The Morgan fingerprint density at radius 1 is 1.03 bits per heavy atom. The summed E-state index contributed by atoms with van der Waals surface area (Å²) in [6.07, 6.45) is 3.30. The Bertz CT molecular complexity index is 1440. The van der Waals surface area contributed by atoms with E-state index >= 15 is 0 Å². The van der Waals surface area contributed by atoms with Crippen molar-refractivity contribution in [2.24, 2.45) is 0 Å². The van der Waals surface area contributed by atoms with Crippen molar-refractivity contribution in [1.29, 1.82) is 0 Å². The average molecular weight is 484 g/mol. The maximum atomic E-state index is 12.8. The Kier molecular flexibility index (Phi) is 7.25. The first-order valence-corrected chi connectivity index (χ1v) is 11.7. The van der Waals surface area contributed by atoms with Crippen molar-refractivity contribution in [2.75, 3.05) is 19.0 Å². The number of methoxy groups -OCH3 is 1. The number of nitrogens with one attached hydrogen (secondary N) is 1. The van der Waals surface area contributed by atoms with Crippen LogP contribution in [0.3, 0.4) is 0 Å². The van der Waals surface area contributed by atoms with Gasteiger partial charge in [-0.15, -0.1) is 0 Å². The maximum Gasteiger partial charge on any atom is 0.338 e. The second-order valence-electron chi connectivity index (χ2n) is 8.59. The quantitative estimate of drug-likeness (QED) is 0.227. The number of amides is 1. The van der Waals surface area contributed by atoms with Crippen LogP contribution in [0, 0.1) is 13.8 Å². The number of esters is 1. The minimum Gasteiger partial charge on any atom is -0.496 e. The molecule has 0 saturated heterocycles. The molecule has 0 atom stereocenters. The van der Waals surface area contributed by atoms with E-state index in [9.17, 15) is 9.59 Å². The van der Waals surface area contributed by atoms with Gasteiger partial charge in [-0.25, -0.2) is 4.79 Å². The molecule has 0 bridgehead atoms. The van der Waals surface area contributed by atoms with Gasteiger partial charge in [-0.05, 0) is 69.2 Å². The van der Waals surface area contributed by atoms with Crippen LogP contribution in [0.15, 0.2) is 71.4 Å². The minimum atomic E-state index is -0.395. The van der Waals surface area contributed by atoms with Crippen LogP contribution >= 0.6 is 0 Å². The number of hydrogen-bond donors (Lipinski definition) is 1. The van der Waals surface area contributed by atoms with Gasteiger partial charge in [0.2, 0.25) is 5.91 Å². The molecular weight excluding hydrogens is 454 g/mol. The summed E-state index contributed by atoms with van der Waals surface area (Å²) in [6, 6.07) is 16.9. The highest BCUT2D eigenvalue weighted by molar-refractivity contribution is 6.06. The van der Waals surface area contributed by atoms with Crippen molar-refractivity contribution >= 4 is 34.1 Å². The molecule has 0 aliphatic rings. The van der Waals surface area contributed by atoms with Crippen molar-refractivity contribution in [1.82, 2.24) is 0 Å².